The van der Waals surface area contributed by atoms with Gasteiger partial charge in [-0.3, -0.25) is 4.98 Å². The minimum atomic E-state index is -0.303. The van der Waals surface area contributed by atoms with Crippen LogP contribution in [0.4, 0.5) is 0 Å². The maximum absolute atomic E-state index is 6.91. The normalized spacial score (nSPS) is 34.1. The standard InChI is InChI=1S/C15H18ClN/c1-10(2)8-12-9-11-5-6-15(12,16)13-4-3-7-17-14(11)13/h3-7,10-12H,8-9H2,1-2H3/t11?,12-,15?/m1/s1. The highest BCUT2D eigenvalue weighted by Crippen LogP contribution is 2.55. The van der Waals surface area contributed by atoms with E-state index in [2.05, 4.69) is 37.0 Å². The zero-order chi connectivity index (χ0) is 12.0. The molecule has 0 amide bonds. The van der Waals surface area contributed by atoms with Gasteiger partial charge >= 0.3 is 0 Å². The van der Waals surface area contributed by atoms with Crippen LogP contribution in [0.1, 0.15) is 43.9 Å². The van der Waals surface area contributed by atoms with Crippen molar-refractivity contribution in [3.63, 3.8) is 0 Å². The lowest BCUT2D eigenvalue weighted by Crippen LogP contribution is -2.39. The third kappa shape index (κ3) is 1.63. The van der Waals surface area contributed by atoms with E-state index in [1.807, 2.05) is 12.3 Å². The van der Waals surface area contributed by atoms with Crippen molar-refractivity contribution in [3.8, 4) is 0 Å². The molecule has 0 N–H and O–H groups in total. The first kappa shape index (κ1) is 11.3. The fourth-order valence-corrected chi connectivity index (χ4v) is 3.75. The number of allylic oxidation sites excluding steroid dienone is 2. The van der Waals surface area contributed by atoms with Gasteiger partial charge in [0.15, 0.2) is 0 Å². The van der Waals surface area contributed by atoms with Crippen LogP contribution in [0, 0.1) is 11.8 Å². The van der Waals surface area contributed by atoms with Crippen molar-refractivity contribution in [1.29, 1.82) is 0 Å². The summed E-state index contributed by atoms with van der Waals surface area (Å²) in [4.78, 5) is 4.22. The summed E-state index contributed by atoms with van der Waals surface area (Å²) in [6, 6.07) is 4.16. The van der Waals surface area contributed by atoms with Gasteiger partial charge in [0.2, 0.25) is 0 Å². The molecule has 0 saturated carbocycles. The van der Waals surface area contributed by atoms with E-state index in [9.17, 15) is 0 Å². The van der Waals surface area contributed by atoms with Crippen molar-refractivity contribution in [2.75, 3.05) is 0 Å². The molecule has 4 rings (SSSR count). The first-order chi connectivity index (χ1) is 8.11. The lowest BCUT2D eigenvalue weighted by Gasteiger charge is -2.45. The Balaban J connectivity index is 2.06. The van der Waals surface area contributed by atoms with Crippen LogP contribution in [-0.4, -0.2) is 4.98 Å². The predicted octanol–water partition coefficient (Wildman–Crippen LogP) is 4.24. The number of alkyl halides is 1. The average Bonchev–Trinajstić information content (AvgIpc) is 2.31. The van der Waals surface area contributed by atoms with Gasteiger partial charge in [-0.2, -0.15) is 0 Å². The Labute approximate surface area is 108 Å². The van der Waals surface area contributed by atoms with Gasteiger partial charge in [-0.1, -0.05) is 32.1 Å². The van der Waals surface area contributed by atoms with Gasteiger partial charge < -0.3 is 0 Å². The van der Waals surface area contributed by atoms with E-state index >= 15 is 0 Å². The number of halogens is 1. The highest BCUT2D eigenvalue weighted by Gasteiger charge is 2.47. The highest BCUT2D eigenvalue weighted by atomic mass is 35.5. The first-order valence-electron chi connectivity index (χ1n) is 6.45. The molecule has 0 fully saturated rings. The Morgan fingerprint density at radius 3 is 3.12 bits per heavy atom. The number of fused-ring (bicyclic) bond motifs is 1. The molecule has 3 atom stereocenters. The van der Waals surface area contributed by atoms with E-state index in [4.69, 9.17) is 11.6 Å². The Kier molecular flexibility index (Phi) is 2.55. The molecule has 2 bridgehead atoms. The van der Waals surface area contributed by atoms with Gasteiger partial charge in [0.05, 0.1) is 10.6 Å². The van der Waals surface area contributed by atoms with Crippen LogP contribution in [0.3, 0.4) is 0 Å². The second-order valence-electron chi connectivity index (χ2n) is 5.73. The number of hydrogen-bond acceptors (Lipinski definition) is 1. The second kappa shape index (κ2) is 3.84. The number of rotatable bonds is 2. The van der Waals surface area contributed by atoms with Crippen LogP contribution in [-0.2, 0) is 4.87 Å². The SMILES string of the molecule is CC(C)C[C@@H]1CC2C=CC1(Cl)c1cccnc12. The monoisotopic (exact) mass is 247 g/mol. The summed E-state index contributed by atoms with van der Waals surface area (Å²) in [7, 11) is 0. The van der Waals surface area contributed by atoms with Crippen LogP contribution in [0.25, 0.3) is 0 Å². The zero-order valence-electron chi connectivity index (χ0n) is 10.4. The van der Waals surface area contributed by atoms with Crippen LogP contribution >= 0.6 is 11.6 Å². The van der Waals surface area contributed by atoms with Gasteiger partial charge in [0, 0.05) is 12.1 Å². The summed E-state index contributed by atoms with van der Waals surface area (Å²) in [6.07, 6.45) is 8.69. The smallest absolute Gasteiger partial charge is 0.0921 e. The van der Waals surface area contributed by atoms with E-state index < -0.39 is 0 Å². The molecule has 3 aliphatic rings. The Morgan fingerprint density at radius 2 is 2.35 bits per heavy atom. The summed E-state index contributed by atoms with van der Waals surface area (Å²) in [5.41, 5.74) is 2.44. The van der Waals surface area contributed by atoms with Crippen molar-refractivity contribution < 1.29 is 0 Å². The predicted molar refractivity (Wildman–Crippen MR) is 71.2 cm³/mol. The van der Waals surface area contributed by atoms with Crippen molar-refractivity contribution >= 4 is 11.6 Å². The molecule has 1 aromatic heterocycles. The summed E-state index contributed by atoms with van der Waals surface area (Å²) >= 11 is 6.91. The maximum Gasteiger partial charge on any atom is 0.0921 e. The maximum atomic E-state index is 6.91. The minimum Gasteiger partial charge on any atom is -0.260 e. The van der Waals surface area contributed by atoms with Crippen molar-refractivity contribution in [1.82, 2.24) is 4.98 Å². The number of aromatic nitrogens is 1. The van der Waals surface area contributed by atoms with Gasteiger partial charge in [0.1, 0.15) is 0 Å². The van der Waals surface area contributed by atoms with Gasteiger partial charge in [0.25, 0.3) is 0 Å². The topological polar surface area (TPSA) is 12.9 Å². The van der Waals surface area contributed by atoms with Crippen molar-refractivity contribution in [2.45, 2.75) is 37.5 Å². The molecule has 1 nitrogen and oxygen atoms in total. The Hall–Kier alpha value is -0.820. The summed E-state index contributed by atoms with van der Waals surface area (Å²) in [6.45, 7) is 4.55. The molecule has 0 aromatic carbocycles. The van der Waals surface area contributed by atoms with Crippen molar-refractivity contribution in [3.05, 3.63) is 41.7 Å². The number of pyridine rings is 1. The largest absolute Gasteiger partial charge is 0.260 e. The molecule has 0 spiro atoms. The Morgan fingerprint density at radius 1 is 1.53 bits per heavy atom. The first-order valence-corrected chi connectivity index (χ1v) is 6.82. The van der Waals surface area contributed by atoms with Gasteiger partial charge in [-0.15, -0.1) is 11.6 Å². The third-order valence-electron chi connectivity index (χ3n) is 4.06. The van der Waals surface area contributed by atoms with Crippen LogP contribution in [0.2, 0.25) is 0 Å². The van der Waals surface area contributed by atoms with E-state index in [-0.39, 0.29) is 4.87 Å². The fraction of sp³-hybridized carbons (Fsp3) is 0.533. The quantitative estimate of drug-likeness (QED) is 0.563. The molecular formula is C15H18ClN. The molecular weight excluding hydrogens is 230 g/mol. The summed E-state index contributed by atoms with van der Waals surface area (Å²) in [5, 5.41) is 0. The summed E-state index contributed by atoms with van der Waals surface area (Å²) in [5.74, 6) is 1.73. The molecule has 2 heteroatoms. The molecule has 2 unspecified atom stereocenters. The van der Waals surface area contributed by atoms with Gasteiger partial charge in [-0.25, -0.2) is 0 Å². The lowest BCUT2D eigenvalue weighted by molar-refractivity contribution is 0.284. The number of nitrogens with zero attached hydrogens (tertiary/aromatic N) is 1. The van der Waals surface area contributed by atoms with Gasteiger partial charge in [-0.05, 0) is 36.3 Å². The van der Waals surface area contributed by atoms with E-state index in [0.717, 1.165) is 6.42 Å². The minimum absolute atomic E-state index is 0.303. The fourth-order valence-electron chi connectivity index (χ4n) is 3.34. The van der Waals surface area contributed by atoms with Crippen molar-refractivity contribution in [2.24, 2.45) is 11.8 Å². The second-order valence-corrected chi connectivity index (χ2v) is 6.36. The Bertz CT molecular complexity index is 466. The molecule has 0 radical (unpaired) electrons. The third-order valence-corrected chi connectivity index (χ3v) is 4.70. The molecule has 3 aliphatic carbocycles. The van der Waals surface area contributed by atoms with E-state index in [1.165, 1.54) is 17.7 Å². The molecule has 0 aliphatic heterocycles. The molecule has 1 heterocycles. The van der Waals surface area contributed by atoms with Crippen LogP contribution in [0.15, 0.2) is 30.5 Å². The lowest BCUT2D eigenvalue weighted by atomic mass is 9.65. The molecule has 1 aromatic rings. The van der Waals surface area contributed by atoms with Crippen LogP contribution in [0.5, 0.6) is 0 Å². The average molecular weight is 248 g/mol. The van der Waals surface area contributed by atoms with E-state index in [1.54, 1.807) is 0 Å². The van der Waals surface area contributed by atoms with Crippen LogP contribution < -0.4 is 0 Å². The number of hydrogen-bond donors (Lipinski definition) is 0. The molecule has 90 valence electrons. The highest BCUT2D eigenvalue weighted by molar-refractivity contribution is 6.26. The van der Waals surface area contributed by atoms with E-state index in [0.29, 0.717) is 17.8 Å². The molecule has 0 saturated heterocycles. The zero-order valence-corrected chi connectivity index (χ0v) is 11.1. The molecule has 17 heavy (non-hydrogen) atoms. The summed E-state index contributed by atoms with van der Waals surface area (Å²) < 4.78 is 0.